The average Bonchev–Trinajstić information content (AvgIpc) is 3.02. The van der Waals surface area contributed by atoms with Gasteiger partial charge >= 0.3 is 0 Å². The Morgan fingerprint density at radius 1 is 1.50 bits per heavy atom. The van der Waals surface area contributed by atoms with E-state index in [-0.39, 0.29) is 0 Å². The number of aromatic nitrogens is 1. The number of nitrogens with two attached hydrogens (primary N) is 1. The van der Waals surface area contributed by atoms with Crippen LogP contribution in [0.15, 0.2) is 17.2 Å². The van der Waals surface area contributed by atoms with Gasteiger partial charge in [0.05, 0.1) is 4.90 Å². The fourth-order valence-electron chi connectivity index (χ4n) is 2.76. The minimum absolute atomic E-state index is 0.293. The molecule has 0 spiro atoms. The van der Waals surface area contributed by atoms with Crippen molar-refractivity contribution in [2.45, 2.75) is 37.2 Å². The van der Waals surface area contributed by atoms with Gasteiger partial charge in [0.1, 0.15) is 0 Å². The highest BCUT2D eigenvalue weighted by atomic mass is 32.2. The molecule has 1 atom stereocenters. The minimum Gasteiger partial charge on any atom is -0.352 e. The van der Waals surface area contributed by atoms with Gasteiger partial charge in [-0.2, -0.15) is 0 Å². The summed E-state index contributed by atoms with van der Waals surface area (Å²) in [7, 11) is -1.64. The topological polar surface area (TPSA) is 80.4 Å². The molecule has 0 aromatic carbocycles. The molecule has 1 aliphatic heterocycles. The lowest BCUT2D eigenvalue weighted by atomic mass is 10.2. The van der Waals surface area contributed by atoms with E-state index >= 15 is 0 Å². The highest BCUT2D eigenvalue weighted by molar-refractivity contribution is 7.89. The molecule has 1 saturated heterocycles. The Morgan fingerprint density at radius 2 is 2.25 bits per heavy atom. The monoisotopic (exact) mass is 300 g/mol. The zero-order valence-electron chi connectivity index (χ0n) is 12.2. The molecular formula is C13H24N4O2S. The number of likely N-dealkylation sites (N-methyl/N-ethyl adjacent to an activating group) is 1. The van der Waals surface area contributed by atoms with E-state index in [9.17, 15) is 8.42 Å². The van der Waals surface area contributed by atoms with E-state index in [4.69, 9.17) is 5.73 Å². The van der Waals surface area contributed by atoms with E-state index < -0.39 is 10.0 Å². The van der Waals surface area contributed by atoms with Crippen molar-refractivity contribution in [3.63, 3.8) is 0 Å². The summed E-state index contributed by atoms with van der Waals surface area (Å²) >= 11 is 0. The average molecular weight is 300 g/mol. The lowest BCUT2D eigenvalue weighted by molar-refractivity contribution is 0.268. The van der Waals surface area contributed by atoms with Crippen LogP contribution < -0.4 is 10.5 Å². The van der Waals surface area contributed by atoms with Crippen LogP contribution >= 0.6 is 0 Å². The number of sulfonamides is 1. The van der Waals surface area contributed by atoms with Gasteiger partial charge < -0.3 is 10.3 Å². The normalized spacial score (nSPS) is 20.6. The van der Waals surface area contributed by atoms with Gasteiger partial charge in [0.25, 0.3) is 0 Å². The maximum absolute atomic E-state index is 12.3. The quantitative estimate of drug-likeness (QED) is 0.789. The molecule has 0 aliphatic carbocycles. The highest BCUT2D eigenvalue weighted by Crippen LogP contribution is 2.17. The summed E-state index contributed by atoms with van der Waals surface area (Å²) < 4.78 is 29.0. The molecule has 0 amide bonds. The standard InChI is InChI=1S/C13H24N4O2S/c1-3-17-6-4-5-11(17)9-15-20(18,19)13-7-12(8-14)16(2)10-13/h7,10-11,15H,3-6,8-9,14H2,1-2H3. The molecule has 1 aliphatic rings. The summed E-state index contributed by atoms with van der Waals surface area (Å²) in [4.78, 5) is 2.61. The van der Waals surface area contributed by atoms with Gasteiger partial charge in [0, 0.05) is 38.1 Å². The van der Waals surface area contributed by atoms with Crippen LogP contribution in [0.25, 0.3) is 0 Å². The summed E-state index contributed by atoms with van der Waals surface area (Å²) in [6.45, 7) is 4.94. The summed E-state index contributed by atoms with van der Waals surface area (Å²) in [6, 6.07) is 1.95. The Labute approximate surface area is 121 Å². The van der Waals surface area contributed by atoms with Crippen molar-refractivity contribution in [1.82, 2.24) is 14.2 Å². The molecule has 0 radical (unpaired) electrons. The zero-order valence-corrected chi connectivity index (χ0v) is 13.0. The first-order valence-corrected chi connectivity index (χ1v) is 8.55. The van der Waals surface area contributed by atoms with Crippen LogP contribution in [0.1, 0.15) is 25.5 Å². The molecule has 1 aromatic heterocycles. The number of nitrogens with one attached hydrogen (secondary N) is 1. The second kappa shape index (κ2) is 6.26. The van der Waals surface area contributed by atoms with E-state index in [0.717, 1.165) is 31.6 Å². The van der Waals surface area contributed by atoms with Crippen LogP contribution in [-0.2, 0) is 23.6 Å². The van der Waals surface area contributed by atoms with Crippen LogP contribution in [0.5, 0.6) is 0 Å². The summed E-state index contributed by atoms with van der Waals surface area (Å²) in [5.41, 5.74) is 6.38. The Hall–Kier alpha value is -0.890. The molecule has 1 unspecified atom stereocenters. The van der Waals surface area contributed by atoms with Crippen molar-refractivity contribution in [1.29, 1.82) is 0 Å². The maximum Gasteiger partial charge on any atom is 0.242 e. The molecule has 0 saturated carbocycles. The van der Waals surface area contributed by atoms with Crippen molar-refractivity contribution in [2.75, 3.05) is 19.6 Å². The molecule has 20 heavy (non-hydrogen) atoms. The Kier molecular flexibility index (Phi) is 4.85. The number of hydrogen-bond donors (Lipinski definition) is 2. The van der Waals surface area contributed by atoms with Gasteiger partial charge in [-0.3, -0.25) is 4.90 Å². The summed E-state index contributed by atoms with van der Waals surface area (Å²) in [6.07, 6.45) is 3.80. The van der Waals surface area contributed by atoms with Gasteiger partial charge in [0.2, 0.25) is 10.0 Å². The third-order valence-corrected chi connectivity index (χ3v) is 5.41. The van der Waals surface area contributed by atoms with E-state index in [2.05, 4.69) is 16.5 Å². The van der Waals surface area contributed by atoms with Crippen LogP contribution in [0, 0.1) is 0 Å². The van der Waals surface area contributed by atoms with E-state index in [1.54, 1.807) is 23.9 Å². The van der Waals surface area contributed by atoms with E-state index in [0.29, 0.717) is 24.0 Å². The fourth-order valence-corrected chi connectivity index (χ4v) is 3.93. The Morgan fingerprint density at radius 3 is 2.85 bits per heavy atom. The second-order valence-corrected chi connectivity index (χ2v) is 7.03. The molecule has 0 bridgehead atoms. The largest absolute Gasteiger partial charge is 0.352 e. The number of likely N-dealkylation sites (tertiary alicyclic amines) is 1. The first kappa shape index (κ1) is 15.5. The van der Waals surface area contributed by atoms with Crippen molar-refractivity contribution in [2.24, 2.45) is 12.8 Å². The first-order valence-electron chi connectivity index (χ1n) is 7.07. The SMILES string of the molecule is CCN1CCCC1CNS(=O)(=O)c1cc(CN)n(C)c1. The van der Waals surface area contributed by atoms with Gasteiger partial charge in [-0.1, -0.05) is 6.92 Å². The molecule has 1 fully saturated rings. The van der Waals surface area contributed by atoms with Crippen LogP contribution in [0.2, 0.25) is 0 Å². The van der Waals surface area contributed by atoms with E-state index in [1.165, 1.54) is 0 Å². The first-order chi connectivity index (χ1) is 9.47. The third kappa shape index (κ3) is 3.22. The number of nitrogens with zero attached hydrogens (tertiary/aromatic N) is 2. The predicted octanol–water partition coefficient (Wildman–Crippen LogP) is 0.246. The number of hydrogen-bond acceptors (Lipinski definition) is 4. The van der Waals surface area contributed by atoms with Crippen molar-refractivity contribution in [3.05, 3.63) is 18.0 Å². The summed E-state index contributed by atoms with van der Waals surface area (Å²) in [5, 5.41) is 0. The van der Waals surface area contributed by atoms with Gasteiger partial charge in [-0.05, 0) is 32.0 Å². The molecule has 3 N–H and O–H groups in total. The molecular weight excluding hydrogens is 276 g/mol. The molecule has 7 heteroatoms. The van der Waals surface area contributed by atoms with Crippen molar-refractivity contribution < 1.29 is 8.42 Å². The van der Waals surface area contributed by atoms with Crippen LogP contribution in [-0.4, -0.2) is 43.6 Å². The Balaban J connectivity index is 2.03. The third-order valence-electron chi connectivity index (χ3n) is 4.02. The Bertz CT molecular complexity index is 553. The molecule has 6 nitrogen and oxygen atoms in total. The molecule has 1 aromatic rings. The van der Waals surface area contributed by atoms with E-state index in [1.807, 2.05) is 0 Å². The van der Waals surface area contributed by atoms with Crippen molar-refractivity contribution in [3.8, 4) is 0 Å². The fraction of sp³-hybridized carbons (Fsp3) is 0.692. The smallest absolute Gasteiger partial charge is 0.242 e. The minimum atomic E-state index is -3.44. The maximum atomic E-state index is 12.3. The highest BCUT2D eigenvalue weighted by Gasteiger charge is 2.25. The number of rotatable bonds is 6. The molecule has 2 heterocycles. The van der Waals surface area contributed by atoms with Gasteiger partial charge in [-0.25, -0.2) is 13.1 Å². The molecule has 2 rings (SSSR count). The summed E-state index contributed by atoms with van der Waals surface area (Å²) in [5.74, 6) is 0. The second-order valence-electron chi connectivity index (χ2n) is 5.26. The van der Waals surface area contributed by atoms with Gasteiger partial charge in [0.15, 0.2) is 0 Å². The predicted molar refractivity (Wildman–Crippen MR) is 78.8 cm³/mol. The lowest BCUT2D eigenvalue weighted by Crippen LogP contribution is -2.39. The van der Waals surface area contributed by atoms with Gasteiger partial charge in [-0.15, -0.1) is 0 Å². The zero-order chi connectivity index (χ0) is 14.8. The lowest BCUT2D eigenvalue weighted by Gasteiger charge is -2.22. The molecule has 114 valence electrons. The van der Waals surface area contributed by atoms with Crippen LogP contribution in [0.3, 0.4) is 0 Å². The number of aryl methyl sites for hydroxylation is 1. The van der Waals surface area contributed by atoms with Crippen LogP contribution in [0.4, 0.5) is 0 Å². The van der Waals surface area contributed by atoms with Crippen molar-refractivity contribution >= 4 is 10.0 Å².